The van der Waals surface area contributed by atoms with Crippen LogP contribution in [0.2, 0.25) is 0 Å². The zero-order chi connectivity index (χ0) is 34.8. The minimum absolute atomic E-state index is 0.463. The van der Waals surface area contributed by atoms with Gasteiger partial charge in [0.15, 0.2) is 5.58 Å². The van der Waals surface area contributed by atoms with Gasteiger partial charge in [-0.1, -0.05) is 97.9 Å². The highest BCUT2D eigenvalue weighted by atomic mass is 16.3. The van der Waals surface area contributed by atoms with E-state index in [9.17, 15) is 0 Å². The molecule has 0 saturated heterocycles. The summed E-state index contributed by atoms with van der Waals surface area (Å²) in [4.78, 5) is 0. The number of nitrogens with zero attached hydrogens (tertiary/aromatic N) is 3. The number of rotatable bonds is 3. The summed E-state index contributed by atoms with van der Waals surface area (Å²) >= 11 is 0. The van der Waals surface area contributed by atoms with E-state index in [0.29, 0.717) is 5.92 Å². The van der Waals surface area contributed by atoms with Crippen molar-refractivity contribution in [3.05, 3.63) is 169 Å². The number of benzene rings is 7. The molecule has 53 heavy (non-hydrogen) atoms. The van der Waals surface area contributed by atoms with Crippen LogP contribution in [-0.4, -0.2) is 13.7 Å². The molecule has 0 bridgehead atoms. The van der Waals surface area contributed by atoms with Gasteiger partial charge in [-0.15, -0.1) is 0 Å². The number of furan rings is 1. The van der Waals surface area contributed by atoms with Crippen molar-refractivity contribution >= 4 is 82.5 Å². The first kappa shape index (κ1) is 28.9. The van der Waals surface area contributed by atoms with E-state index in [4.69, 9.17) is 4.42 Å². The number of hydrogen-bond donors (Lipinski definition) is 0. The molecule has 1 aliphatic carbocycles. The van der Waals surface area contributed by atoms with Gasteiger partial charge in [0.2, 0.25) is 0 Å². The van der Waals surface area contributed by atoms with Gasteiger partial charge in [0.05, 0.1) is 33.3 Å². The molecule has 7 aromatic carbocycles. The second kappa shape index (κ2) is 10.6. The molecule has 0 saturated carbocycles. The first-order valence-corrected chi connectivity index (χ1v) is 18.5. The van der Waals surface area contributed by atoms with Crippen LogP contribution in [0, 0.1) is 0 Å². The molecule has 0 aliphatic heterocycles. The Labute approximate surface area is 305 Å². The summed E-state index contributed by atoms with van der Waals surface area (Å²) in [6, 6.07) is 55.2. The van der Waals surface area contributed by atoms with Crippen LogP contribution in [0.3, 0.4) is 0 Å². The lowest BCUT2D eigenvalue weighted by Gasteiger charge is -2.17. The lowest BCUT2D eigenvalue weighted by molar-refractivity contribution is 0.666. The molecule has 12 rings (SSSR count). The number of aromatic nitrogens is 3. The topological polar surface area (TPSA) is 27.9 Å². The average molecular weight is 680 g/mol. The summed E-state index contributed by atoms with van der Waals surface area (Å²) in [6.45, 7) is 2.35. The summed E-state index contributed by atoms with van der Waals surface area (Å²) in [6.07, 6.45) is 5.72. The third-order valence-corrected chi connectivity index (χ3v) is 11.7. The molecule has 1 aliphatic rings. The molecule has 4 heteroatoms. The van der Waals surface area contributed by atoms with Crippen molar-refractivity contribution in [3.63, 3.8) is 0 Å². The molecule has 1 atom stereocenters. The van der Waals surface area contributed by atoms with Gasteiger partial charge in [0, 0.05) is 54.8 Å². The Morgan fingerprint density at radius 1 is 0.472 bits per heavy atom. The monoisotopic (exact) mass is 679 g/mol. The van der Waals surface area contributed by atoms with Crippen molar-refractivity contribution in [2.24, 2.45) is 0 Å². The summed E-state index contributed by atoms with van der Waals surface area (Å²) < 4.78 is 13.9. The number of hydrogen-bond acceptors (Lipinski definition) is 1. The molecule has 0 radical (unpaired) electrons. The fourth-order valence-electron chi connectivity index (χ4n) is 9.39. The maximum Gasteiger partial charge on any atom is 0.159 e. The van der Waals surface area contributed by atoms with Crippen LogP contribution < -0.4 is 0 Å². The molecule has 250 valence electrons. The molecular weight excluding hydrogens is 647 g/mol. The van der Waals surface area contributed by atoms with Crippen LogP contribution in [0.4, 0.5) is 0 Å². The Balaban J connectivity index is 1.19. The van der Waals surface area contributed by atoms with Crippen molar-refractivity contribution < 1.29 is 4.42 Å². The highest BCUT2D eigenvalue weighted by Gasteiger charge is 2.24. The van der Waals surface area contributed by atoms with E-state index in [1.54, 1.807) is 0 Å². The van der Waals surface area contributed by atoms with Crippen LogP contribution in [0.1, 0.15) is 30.5 Å². The molecule has 0 spiro atoms. The maximum absolute atomic E-state index is 6.65. The maximum atomic E-state index is 6.65. The summed E-state index contributed by atoms with van der Waals surface area (Å²) in [5, 5.41) is 8.51. The fraction of sp³-hybridized carbons (Fsp3) is 0.0612. The zero-order valence-corrected chi connectivity index (χ0v) is 29.1. The first-order valence-electron chi connectivity index (χ1n) is 18.5. The molecule has 0 amide bonds. The van der Waals surface area contributed by atoms with Crippen LogP contribution >= 0.6 is 0 Å². The Morgan fingerprint density at radius 3 is 1.72 bits per heavy atom. The van der Waals surface area contributed by atoms with Gasteiger partial charge in [-0.25, -0.2) is 0 Å². The predicted octanol–water partition coefficient (Wildman–Crippen LogP) is 13.2. The Bertz CT molecular complexity index is 3290. The lowest BCUT2D eigenvalue weighted by Crippen LogP contribution is -2.03. The summed E-state index contributed by atoms with van der Waals surface area (Å²) in [7, 11) is 0. The van der Waals surface area contributed by atoms with Gasteiger partial charge < -0.3 is 18.1 Å². The molecular formula is C49H33N3O. The normalized spacial score (nSPS) is 14.5. The zero-order valence-electron chi connectivity index (χ0n) is 29.1. The molecule has 4 nitrogen and oxygen atoms in total. The van der Waals surface area contributed by atoms with Crippen molar-refractivity contribution in [2.75, 3.05) is 0 Å². The highest BCUT2D eigenvalue weighted by Crippen LogP contribution is 2.43. The van der Waals surface area contributed by atoms with Crippen molar-refractivity contribution in [1.29, 1.82) is 0 Å². The molecule has 0 N–H and O–H groups in total. The van der Waals surface area contributed by atoms with E-state index < -0.39 is 0 Å². The van der Waals surface area contributed by atoms with Gasteiger partial charge in [-0.2, -0.15) is 0 Å². The Morgan fingerprint density at radius 2 is 1.02 bits per heavy atom. The third kappa shape index (κ3) is 3.90. The molecule has 1 unspecified atom stereocenters. The third-order valence-electron chi connectivity index (χ3n) is 11.7. The standard InChI is InChI=1S/C49H33N3O/c1-30-12-10-21-45-48(30)37-16-4-8-20-42(37)51(45)32-25-27-44-39(29-32)38-28-31(50-40-18-6-2-13-33(40)34-14-3-7-19-41(34)50)24-26-43(38)52(44)46-22-11-17-36-35-15-5-9-23-47(35)53-49(36)46/h2-11,13-30H,12H2,1H3. The van der Waals surface area contributed by atoms with E-state index in [1.165, 1.54) is 54.7 Å². The Hall–Kier alpha value is -6.78. The van der Waals surface area contributed by atoms with Crippen LogP contribution in [-0.2, 0) is 0 Å². The van der Waals surface area contributed by atoms with Gasteiger partial charge in [-0.3, -0.25) is 0 Å². The highest BCUT2D eigenvalue weighted by molar-refractivity contribution is 6.15. The largest absolute Gasteiger partial charge is 0.454 e. The van der Waals surface area contributed by atoms with Gasteiger partial charge in [0.25, 0.3) is 0 Å². The van der Waals surface area contributed by atoms with Crippen molar-refractivity contribution in [1.82, 2.24) is 13.7 Å². The van der Waals surface area contributed by atoms with Crippen molar-refractivity contribution in [2.45, 2.75) is 19.3 Å². The van der Waals surface area contributed by atoms with E-state index in [-0.39, 0.29) is 0 Å². The number of allylic oxidation sites excluding steroid dienone is 1. The summed E-state index contributed by atoms with van der Waals surface area (Å²) in [5.74, 6) is 0.463. The summed E-state index contributed by atoms with van der Waals surface area (Å²) in [5.41, 5.74) is 13.8. The lowest BCUT2D eigenvalue weighted by atomic mass is 9.91. The SMILES string of the molecule is CC1CC=Cc2c1c1ccccc1n2-c1ccc2c(c1)c1cc(-n3c4ccccc4c4ccccc43)ccc1n2-c1cccc2c1oc1ccccc12. The van der Waals surface area contributed by atoms with E-state index in [2.05, 4.69) is 178 Å². The molecule has 4 heterocycles. The predicted molar refractivity (Wildman–Crippen MR) is 221 cm³/mol. The van der Waals surface area contributed by atoms with Gasteiger partial charge >= 0.3 is 0 Å². The van der Waals surface area contributed by atoms with Gasteiger partial charge in [0.1, 0.15) is 5.58 Å². The molecule has 4 aromatic heterocycles. The quantitative estimate of drug-likeness (QED) is 0.183. The van der Waals surface area contributed by atoms with Crippen LogP contribution in [0.25, 0.3) is 99.6 Å². The Kier molecular flexibility index (Phi) is 5.79. The minimum atomic E-state index is 0.463. The smallest absolute Gasteiger partial charge is 0.159 e. The first-order chi connectivity index (χ1) is 26.2. The number of para-hydroxylation sites is 5. The van der Waals surface area contributed by atoms with E-state index in [0.717, 1.165) is 56.5 Å². The average Bonchev–Trinajstić information content (AvgIpc) is 3.94. The second-order valence-electron chi connectivity index (χ2n) is 14.6. The molecule has 0 fully saturated rings. The number of fused-ring (bicyclic) bond motifs is 12. The van der Waals surface area contributed by atoms with Crippen molar-refractivity contribution in [3.8, 4) is 17.1 Å². The van der Waals surface area contributed by atoms with Crippen LogP contribution in [0.15, 0.2) is 162 Å². The fourth-order valence-corrected chi connectivity index (χ4v) is 9.39. The van der Waals surface area contributed by atoms with E-state index in [1.807, 2.05) is 6.07 Å². The minimum Gasteiger partial charge on any atom is -0.454 e. The molecule has 11 aromatic rings. The second-order valence-corrected chi connectivity index (χ2v) is 14.6. The van der Waals surface area contributed by atoms with Gasteiger partial charge in [-0.05, 0) is 90.7 Å². The van der Waals surface area contributed by atoms with E-state index >= 15 is 0 Å². The van der Waals surface area contributed by atoms with Crippen LogP contribution in [0.5, 0.6) is 0 Å².